The van der Waals surface area contributed by atoms with E-state index in [0.717, 1.165) is 25.0 Å². The quantitative estimate of drug-likeness (QED) is 0.297. The van der Waals surface area contributed by atoms with Gasteiger partial charge in [-0.1, -0.05) is 12.1 Å². The number of hydrogen-bond donors (Lipinski definition) is 0. The Morgan fingerprint density at radius 2 is 1.70 bits per heavy atom. The summed E-state index contributed by atoms with van der Waals surface area (Å²) in [6.07, 6.45) is 5.80. The van der Waals surface area contributed by atoms with E-state index in [9.17, 15) is 0 Å². The molecule has 2 rings (SSSR count). The molecule has 1 aliphatic carbocycles. The molecule has 0 aliphatic heterocycles. The van der Waals surface area contributed by atoms with Gasteiger partial charge in [-0.3, -0.25) is 0 Å². The lowest BCUT2D eigenvalue weighted by Crippen LogP contribution is -2.22. The van der Waals surface area contributed by atoms with Crippen LogP contribution in [0.1, 0.15) is 50.5 Å². The molecule has 1 aromatic carbocycles. The van der Waals surface area contributed by atoms with Crippen LogP contribution in [0, 0.1) is 0 Å². The second-order valence-corrected chi connectivity index (χ2v) is 15.3. The van der Waals surface area contributed by atoms with Crippen LogP contribution in [0.4, 0.5) is 0 Å². The number of ether oxygens (including phenoxy) is 2. The Labute approximate surface area is 154 Å². The molecular weight excluding hydrogens is 371 g/mol. The van der Waals surface area contributed by atoms with Gasteiger partial charge in [-0.25, -0.2) is 0 Å². The molecule has 0 aromatic heterocycles. The van der Waals surface area contributed by atoms with E-state index in [2.05, 4.69) is 24.3 Å². The van der Waals surface area contributed by atoms with Crippen LogP contribution in [0.5, 0.6) is 5.75 Å². The van der Waals surface area contributed by atoms with Gasteiger partial charge in [-0.05, 0) is 68.7 Å². The minimum Gasteiger partial charge on any atom is -0.494 e. The SMILES string of the molecule is CCOc1ccc([C@H]2CC[C@H](OCCC[Si](Cl)(Cl)Cl)CC2)cc1. The third-order valence-corrected chi connectivity index (χ3v) is 6.92. The molecule has 130 valence electrons. The lowest BCUT2D eigenvalue weighted by Gasteiger charge is -2.29. The van der Waals surface area contributed by atoms with Crippen LogP contribution in [-0.4, -0.2) is 25.3 Å². The number of hydrogen-bond acceptors (Lipinski definition) is 2. The Balaban J connectivity index is 1.69. The van der Waals surface area contributed by atoms with Gasteiger partial charge in [0, 0.05) is 6.61 Å². The molecule has 1 aromatic rings. The summed E-state index contributed by atoms with van der Waals surface area (Å²) in [6.45, 7) is 3.42. The van der Waals surface area contributed by atoms with Crippen LogP contribution in [-0.2, 0) is 4.74 Å². The van der Waals surface area contributed by atoms with Crippen molar-refractivity contribution in [2.75, 3.05) is 13.2 Å². The van der Waals surface area contributed by atoms with Crippen molar-refractivity contribution in [1.29, 1.82) is 0 Å². The molecule has 6 heteroatoms. The molecule has 0 unspecified atom stereocenters. The first-order valence-electron chi connectivity index (χ1n) is 8.39. The average Bonchev–Trinajstić information content (AvgIpc) is 2.52. The van der Waals surface area contributed by atoms with Crippen LogP contribution in [0.2, 0.25) is 6.04 Å². The zero-order valence-corrected chi connectivity index (χ0v) is 16.8. The fourth-order valence-corrected chi connectivity index (χ4v) is 4.84. The van der Waals surface area contributed by atoms with E-state index in [-0.39, 0.29) is 0 Å². The van der Waals surface area contributed by atoms with E-state index in [1.54, 1.807) is 0 Å². The molecule has 0 saturated heterocycles. The summed E-state index contributed by atoms with van der Waals surface area (Å²) in [6, 6.07) is 6.73. The van der Waals surface area contributed by atoms with Gasteiger partial charge < -0.3 is 9.47 Å². The van der Waals surface area contributed by atoms with Crippen LogP contribution in [0.15, 0.2) is 24.3 Å². The monoisotopic (exact) mass is 394 g/mol. The minimum absolute atomic E-state index is 0.367. The highest BCUT2D eigenvalue weighted by Crippen LogP contribution is 2.35. The van der Waals surface area contributed by atoms with Gasteiger partial charge in [0.25, 0.3) is 0 Å². The second-order valence-electron chi connectivity index (χ2n) is 6.07. The Morgan fingerprint density at radius 1 is 1.04 bits per heavy atom. The van der Waals surface area contributed by atoms with E-state index in [1.165, 1.54) is 18.4 Å². The highest BCUT2D eigenvalue weighted by Gasteiger charge is 2.25. The van der Waals surface area contributed by atoms with Crippen molar-refractivity contribution < 1.29 is 9.47 Å². The Bertz CT molecular complexity index is 454. The Morgan fingerprint density at radius 3 is 2.26 bits per heavy atom. The number of rotatable bonds is 8. The lowest BCUT2D eigenvalue weighted by molar-refractivity contribution is 0.0251. The summed E-state index contributed by atoms with van der Waals surface area (Å²) in [5, 5.41) is 0. The molecule has 0 heterocycles. The van der Waals surface area contributed by atoms with Gasteiger partial charge >= 0.3 is 6.00 Å². The Kier molecular flexibility index (Phi) is 8.03. The summed E-state index contributed by atoms with van der Waals surface area (Å²) in [7, 11) is 0. The first-order valence-corrected chi connectivity index (χ1v) is 13.6. The zero-order chi connectivity index (χ0) is 16.7. The molecule has 0 radical (unpaired) electrons. The fourth-order valence-electron chi connectivity index (χ4n) is 3.09. The highest BCUT2D eigenvalue weighted by atomic mass is 35.8. The summed E-state index contributed by atoms with van der Waals surface area (Å²) >= 11 is 17.6. The molecule has 0 N–H and O–H groups in total. The van der Waals surface area contributed by atoms with Crippen molar-refractivity contribution in [2.45, 2.75) is 57.1 Å². The molecular formula is C17H25Cl3O2Si. The zero-order valence-electron chi connectivity index (χ0n) is 13.6. The predicted octanol–water partition coefficient (Wildman–Crippen LogP) is 6.17. The van der Waals surface area contributed by atoms with E-state index >= 15 is 0 Å². The van der Waals surface area contributed by atoms with Crippen molar-refractivity contribution in [3.63, 3.8) is 0 Å². The second kappa shape index (κ2) is 9.52. The topological polar surface area (TPSA) is 18.5 Å². The standard InChI is InChI=1S/C17H25Cl3O2Si/c1-2-21-16-8-4-14(5-9-16)15-6-10-17(11-7-15)22-12-3-13-23(18,19)20/h4-5,8-9,15,17H,2-3,6-7,10-13H2,1H3/t15-,17-. The van der Waals surface area contributed by atoms with Crippen molar-refractivity contribution in [1.82, 2.24) is 0 Å². The lowest BCUT2D eigenvalue weighted by atomic mass is 9.83. The first kappa shape index (κ1) is 19.4. The maximum absolute atomic E-state index is 5.94. The molecule has 0 bridgehead atoms. The van der Waals surface area contributed by atoms with Crippen molar-refractivity contribution in [3.8, 4) is 5.75 Å². The number of benzene rings is 1. The highest BCUT2D eigenvalue weighted by molar-refractivity contribution is 7.64. The minimum atomic E-state index is -2.48. The van der Waals surface area contributed by atoms with Gasteiger partial charge in [-0.15, -0.1) is 33.2 Å². The van der Waals surface area contributed by atoms with Gasteiger partial charge in [-0.2, -0.15) is 0 Å². The first-order chi connectivity index (χ1) is 11.0. The van der Waals surface area contributed by atoms with Crippen molar-refractivity contribution in [2.24, 2.45) is 0 Å². The molecule has 1 saturated carbocycles. The normalized spacial score (nSPS) is 22.1. The maximum atomic E-state index is 5.94. The van der Waals surface area contributed by atoms with E-state index in [1.807, 2.05) is 6.92 Å². The predicted molar refractivity (Wildman–Crippen MR) is 101 cm³/mol. The van der Waals surface area contributed by atoms with Gasteiger partial charge in [0.15, 0.2) is 0 Å². The van der Waals surface area contributed by atoms with Gasteiger partial charge in [0.05, 0.1) is 12.7 Å². The number of halogens is 3. The smallest absolute Gasteiger partial charge is 0.341 e. The molecule has 0 atom stereocenters. The van der Waals surface area contributed by atoms with Gasteiger partial charge in [0.1, 0.15) is 5.75 Å². The van der Waals surface area contributed by atoms with E-state index in [4.69, 9.17) is 42.7 Å². The molecule has 1 fully saturated rings. The molecule has 2 nitrogen and oxygen atoms in total. The van der Waals surface area contributed by atoms with Crippen molar-refractivity contribution >= 4 is 39.2 Å². The largest absolute Gasteiger partial charge is 0.494 e. The summed E-state index contributed by atoms with van der Waals surface area (Å²) in [5.74, 6) is 1.59. The van der Waals surface area contributed by atoms with Crippen LogP contribution >= 0.6 is 33.2 Å². The summed E-state index contributed by atoms with van der Waals surface area (Å²) < 4.78 is 11.4. The summed E-state index contributed by atoms with van der Waals surface area (Å²) in [4.78, 5) is 0. The summed E-state index contributed by atoms with van der Waals surface area (Å²) in [5.41, 5.74) is 1.41. The molecule has 0 amide bonds. The van der Waals surface area contributed by atoms with Crippen LogP contribution < -0.4 is 4.74 Å². The van der Waals surface area contributed by atoms with Gasteiger partial charge in [0.2, 0.25) is 0 Å². The van der Waals surface area contributed by atoms with Crippen LogP contribution in [0.3, 0.4) is 0 Å². The van der Waals surface area contributed by atoms with E-state index < -0.39 is 6.00 Å². The third-order valence-electron chi connectivity index (χ3n) is 4.29. The molecule has 0 spiro atoms. The van der Waals surface area contributed by atoms with Crippen LogP contribution in [0.25, 0.3) is 0 Å². The third kappa shape index (κ3) is 7.23. The molecule has 1 aliphatic rings. The van der Waals surface area contributed by atoms with Crippen molar-refractivity contribution in [3.05, 3.63) is 29.8 Å². The molecule has 23 heavy (non-hydrogen) atoms. The Hall–Kier alpha value is 0.0669. The fraction of sp³-hybridized carbons (Fsp3) is 0.647. The average molecular weight is 396 g/mol. The van der Waals surface area contributed by atoms with E-state index in [0.29, 0.717) is 31.3 Å². The maximum Gasteiger partial charge on any atom is 0.341 e.